The Hall–Kier alpha value is -3.75. The maximum atomic E-state index is 13.3. The molecule has 2 aromatic carbocycles. The minimum Gasteiger partial charge on any atom is -0.443 e. The number of benzene rings is 2. The van der Waals surface area contributed by atoms with Crippen LogP contribution in [0.25, 0.3) is 33.8 Å². The van der Waals surface area contributed by atoms with Crippen molar-refractivity contribution >= 4 is 28.8 Å². The fraction of sp³-hybridized carbons (Fsp3) is 0.214. The van der Waals surface area contributed by atoms with Gasteiger partial charge in [-0.15, -0.1) is 11.3 Å². The fourth-order valence-electron chi connectivity index (χ4n) is 4.74. The molecule has 1 aliphatic heterocycles. The molecule has 0 N–H and O–H groups in total. The van der Waals surface area contributed by atoms with Crippen LogP contribution in [-0.4, -0.2) is 39.0 Å². The molecule has 37 heavy (non-hydrogen) atoms. The molecule has 1 aliphatic rings. The number of halogens is 1. The van der Waals surface area contributed by atoms with Crippen molar-refractivity contribution in [3.05, 3.63) is 87.9 Å². The van der Waals surface area contributed by atoms with Gasteiger partial charge in [0.15, 0.2) is 17.8 Å². The Kier molecular flexibility index (Phi) is 6.36. The van der Waals surface area contributed by atoms with Crippen molar-refractivity contribution in [2.75, 3.05) is 13.1 Å². The summed E-state index contributed by atoms with van der Waals surface area (Å²) in [6, 6.07) is 17.2. The lowest BCUT2D eigenvalue weighted by atomic mass is 9.97. The van der Waals surface area contributed by atoms with Gasteiger partial charge in [0.05, 0.1) is 16.3 Å². The largest absolute Gasteiger partial charge is 0.443 e. The van der Waals surface area contributed by atoms with E-state index in [9.17, 15) is 4.79 Å². The maximum Gasteiger partial charge on any atom is 0.276 e. The normalized spacial score (nSPS) is 14.3. The summed E-state index contributed by atoms with van der Waals surface area (Å²) in [5.74, 6) is 1.38. The van der Waals surface area contributed by atoms with Crippen LogP contribution in [0.4, 0.5) is 0 Å². The van der Waals surface area contributed by atoms with Crippen LogP contribution in [0.2, 0.25) is 5.02 Å². The third kappa shape index (κ3) is 4.58. The number of hydrogen-bond donors (Lipinski definition) is 0. The van der Waals surface area contributed by atoms with Crippen LogP contribution in [0.15, 0.2) is 75.3 Å². The lowest BCUT2D eigenvalue weighted by molar-refractivity contribution is 0.0708. The molecule has 0 atom stereocenters. The SMILES string of the molecule is Cc1onc(-c2ccccc2)c1-c1csc(C2CCN(C(=O)c3ncoc3-c3ccc(Cl)cc3)CC2)n1. The highest BCUT2D eigenvalue weighted by molar-refractivity contribution is 7.10. The molecule has 186 valence electrons. The topological polar surface area (TPSA) is 85.3 Å². The summed E-state index contributed by atoms with van der Waals surface area (Å²) in [6.45, 7) is 3.18. The van der Waals surface area contributed by atoms with Gasteiger partial charge >= 0.3 is 0 Å². The molecule has 6 rings (SSSR count). The fourth-order valence-corrected chi connectivity index (χ4v) is 5.85. The van der Waals surface area contributed by atoms with Crippen molar-refractivity contribution in [3.8, 4) is 33.8 Å². The highest BCUT2D eigenvalue weighted by atomic mass is 35.5. The first-order valence-corrected chi connectivity index (χ1v) is 13.3. The summed E-state index contributed by atoms with van der Waals surface area (Å²) in [5, 5.41) is 8.07. The standard InChI is InChI=1S/C28H23ClN4O3S/c1-17-23(24(32-36-17)18-5-3-2-4-6-18)22-15-37-27(31-22)20-11-13-33(14-12-20)28(34)25-26(35-16-30-25)19-7-9-21(29)10-8-19/h2-10,15-16,20H,11-14H2,1H3. The Bertz CT molecular complexity index is 1530. The number of likely N-dealkylation sites (tertiary alicyclic amines) is 1. The predicted molar refractivity (Wildman–Crippen MR) is 143 cm³/mol. The molecule has 0 spiro atoms. The van der Waals surface area contributed by atoms with E-state index in [0.29, 0.717) is 29.6 Å². The molecule has 1 amide bonds. The molecule has 3 aromatic heterocycles. The number of nitrogens with zero attached hydrogens (tertiary/aromatic N) is 4. The summed E-state index contributed by atoms with van der Waals surface area (Å²) in [4.78, 5) is 24.3. The van der Waals surface area contributed by atoms with Gasteiger partial charge in [-0.2, -0.15) is 0 Å². The van der Waals surface area contributed by atoms with E-state index in [-0.39, 0.29) is 11.8 Å². The molecule has 7 nitrogen and oxygen atoms in total. The Balaban J connectivity index is 1.16. The molecule has 1 fully saturated rings. The first-order chi connectivity index (χ1) is 18.1. The van der Waals surface area contributed by atoms with Gasteiger partial charge in [-0.1, -0.05) is 47.1 Å². The van der Waals surface area contributed by atoms with E-state index in [4.69, 9.17) is 25.5 Å². The maximum absolute atomic E-state index is 13.3. The molecule has 1 saturated heterocycles. The van der Waals surface area contributed by atoms with Crippen LogP contribution >= 0.6 is 22.9 Å². The number of aromatic nitrogens is 3. The van der Waals surface area contributed by atoms with Crippen molar-refractivity contribution in [3.63, 3.8) is 0 Å². The van der Waals surface area contributed by atoms with E-state index in [0.717, 1.165) is 51.7 Å². The zero-order chi connectivity index (χ0) is 25.4. The van der Waals surface area contributed by atoms with Gasteiger partial charge in [0.25, 0.3) is 5.91 Å². The highest BCUT2D eigenvalue weighted by Crippen LogP contribution is 2.38. The van der Waals surface area contributed by atoms with Crippen LogP contribution in [0.3, 0.4) is 0 Å². The first kappa shape index (κ1) is 23.6. The van der Waals surface area contributed by atoms with Crippen molar-refractivity contribution in [2.24, 2.45) is 0 Å². The van der Waals surface area contributed by atoms with Crippen LogP contribution in [0.5, 0.6) is 0 Å². The number of carbonyl (C=O) groups is 1. The van der Waals surface area contributed by atoms with Gasteiger partial charge in [-0.05, 0) is 44.0 Å². The molecule has 0 unspecified atom stereocenters. The van der Waals surface area contributed by atoms with Crippen LogP contribution < -0.4 is 0 Å². The smallest absolute Gasteiger partial charge is 0.276 e. The summed E-state index contributed by atoms with van der Waals surface area (Å²) < 4.78 is 11.1. The third-order valence-electron chi connectivity index (χ3n) is 6.70. The molecule has 0 bridgehead atoms. The second-order valence-electron chi connectivity index (χ2n) is 9.00. The van der Waals surface area contributed by atoms with Gasteiger partial charge in [-0.25, -0.2) is 9.97 Å². The van der Waals surface area contributed by atoms with Gasteiger partial charge in [0.1, 0.15) is 11.5 Å². The van der Waals surface area contributed by atoms with E-state index < -0.39 is 0 Å². The zero-order valence-corrected chi connectivity index (χ0v) is 21.6. The Morgan fingerprint density at radius 3 is 2.57 bits per heavy atom. The first-order valence-electron chi connectivity index (χ1n) is 12.0. The molecule has 0 saturated carbocycles. The lowest BCUT2D eigenvalue weighted by Crippen LogP contribution is -2.38. The van der Waals surface area contributed by atoms with Crippen molar-refractivity contribution < 1.29 is 13.7 Å². The number of piperidine rings is 1. The van der Waals surface area contributed by atoms with E-state index in [1.165, 1.54) is 6.39 Å². The molecular formula is C28H23ClN4O3S. The number of carbonyl (C=O) groups excluding carboxylic acids is 1. The van der Waals surface area contributed by atoms with Crippen LogP contribution in [-0.2, 0) is 0 Å². The molecule has 5 aromatic rings. The number of aryl methyl sites for hydroxylation is 1. The van der Waals surface area contributed by atoms with Crippen molar-refractivity contribution in [1.29, 1.82) is 0 Å². The zero-order valence-electron chi connectivity index (χ0n) is 20.1. The summed E-state index contributed by atoms with van der Waals surface area (Å²) >= 11 is 7.65. The lowest BCUT2D eigenvalue weighted by Gasteiger charge is -2.30. The third-order valence-corrected chi connectivity index (χ3v) is 7.96. The predicted octanol–water partition coefficient (Wildman–Crippen LogP) is 7.10. The molecular weight excluding hydrogens is 508 g/mol. The Labute approximate surface area is 222 Å². The van der Waals surface area contributed by atoms with Gasteiger partial charge in [0.2, 0.25) is 0 Å². The second kappa shape index (κ2) is 9.95. The van der Waals surface area contributed by atoms with Crippen LogP contribution in [0.1, 0.15) is 40.0 Å². The minimum absolute atomic E-state index is 0.121. The summed E-state index contributed by atoms with van der Waals surface area (Å²) in [5.41, 5.74) is 4.72. The molecule has 4 heterocycles. The highest BCUT2D eigenvalue weighted by Gasteiger charge is 2.30. The van der Waals surface area contributed by atoms with E-state index in [1.54, 1.807) is 23.5 Å². The Morgan fingerprint density at radius 2 is 1.81 bits per heavy atom. The monoisotopic (exact) mass is 530 g/mol. The number of thiazole rings is 1. The van der Waals surface area contributed by atoms with Gasteiger partial charge in [-0.3, -0.25) is 4.79 Å². The molecule has 0 aliphatic carbocycles. The second-order valence-corrected chi connectivity index (χ2v) is 10.3. The molecule has 0 radical (unpaired) electrons. The summed E-state index contributed by atoms with van der Waals surface area (Å²) in [6.07, 6.45) is 2.99. The van der Waals surface area contributed by atoms with E-state index >= 15 is 0 Å². The minimum atomic E-state index is -0.121. The summed E-state index contributed by atoms with van der Waals surface area (Å²) in [7, 11) is 0. The Morgan fingerprint density at radius 1 is 1.05 bits per heavy atom. The van der Waals surface area contributed by atoms with Crippen molar-refractivity contribution in [1.82, 2.24) is 20.0 Å². The van der Waals surface area contributed by atoms with Crippen LogP contribution in [0, 0.1) is 6.92 Å². The number of hydrogen-bond acceptors (Lipinski definition) is 7. The van der Waals surface area contributed by atoms with Crippen molar-refractivity contribution in [2.45, 2.75) is 25.7 Å². The average Bonchev–Trinajstić information content (AvgIpc) is 3.69. The van der Waals surface area contributed by atoms with Gasteiger partial charge < -0.3 is 13.8 Å². The number of rotatable bonds is 5. The quantitative estimate of drug-likeness (QED) is 0.241. The number of oxazole rings is 1. The van der Waals surface area contributed by atoms with E-state index in [2.05, 4.69) is 15.5 Å². The number of amides is 1. The van der Waals surface area contributed by atoms with Gasteiger partial charge in [0, 0.05) is 40.5 Å². The van der Waals surface area contributed by atoms with E-state index in [1.807, 2.05) is 54.3 Å². The molecule has 9 heteroatoms. The average molecular weight is 531 g/mol.